The van der Waals surface area contributed by atoms with E-state index in [-0.39, 0.29) is 5.41 Å². The van der Waals surface area contributed by atoms with Gasteiger partial charge in [-0.3, -0.25) is 4.57 Å². The lowest BCUT2D eigenvalue weighted by atomic mass is 9.80. The van der Waals surface area contributed by atoms with Crippen molar-refractivity contribution in [3.8, 4) is 45.3 Å². The molecule has 3 heterocycles. The molecular formula is C49H34N4. The van der Waals surface area contributed by atoms with Gasteiger partial charge in [-0.05, 0) is 52.6 Å². The normalized spacial score (nSPS) is 13.2. The molecule has 53 heavy (non-hydrogen) atoms. The van der Waals surface area contributed by atoms with Crippen LogP contribution in [0.2, 0.25) is 0 Å². The Labute approximate surface area is 307 Å². The first-order chi connectivity index (χ1) is 26.1. The van der Waals surface area contributed by atoms with E-state index in [1.54, 1.807) is 0 Å². The van der Waals surface area contributed by atoms with Crippen LogP contribution < -0.4 is 0 Å². The van der Waals surface area contributed by atoms with E-state index in [9.17, 15) is 0 Å². The predicted octanol–water partition coefficient (Wildman–Crippen LogP) is 12.3. The average molecular weight is 679 g/mol. The molecule has 0 saturated carbocycles. The Balaban J connectivity index is 1.42. The van der Waals surface area contributed by atoms with Gasteiger partial charge < -0.3 is 4.57 Å². The van der Waals surface area contributed by atoms with Crippen LogP contribution in [0.5, 0.6) is 0 Å². The third-order valence-corrected chi connectivity index (χ3v) is 11.3. The molecule has 0 saturated heterocycles. The van der Waals surface area contributed by atoms with E-state index in [1.807, 2.05) is 0 Å². The number of hydrogen-bond donors (Lipinski definition) is 0. The van der Waals surface area contributed by atoms with Gasteiger partial charge >= 0.3 is 0 Å². The molecule has 250 valence electrons. The van der Waals surface area contributed by atoms with Crippen LogP contribution in [0.4, 0.5) is 0 Å². The topological polar surface area (TPSA) is 35.6 Å². The average Bonchev–Trinajstić information content (AvgIpc) is 3.82. The molecule has 0 bridgehead atoms. The fraction of sp³-hybridized carbons (Fsp3) is 0.0612. The zero-order valence-corrected chi connectivity index (χ0v) is 29.5. The molecule has 0 radical (unpaired) electrons. The number of fused-ring (bicyclic) bond motifs is 12. The summed E-state index contributed by atoms with van der Waals surface area (Å²) in [4.78, 5) is 10.9. The summed E-state index contributed by atoms with van der Waals surface area (Å²) in [6, 6.07) is 60.6. The van der Waals surface area contributed by atoms with E-state index in [1.165, 1.54) is 54.8 Å². The van der Waals surface area contributed by atoms with Gasteiger partial charge in [-0.1, -0.05) is 153 Å². The molecule has 0 atom stereocenters. The van der Waals surface area contributed by atoms with E-state index in [4.69, 9.17) is 9.97 Å². The maximum Gasteiger partial charge on any atom is 0.235 e. The van der Waals surface area contributed by atoms with Crippen LogP contribution in [-0.2, 0) is 5.41 Å². The number of hydrogen-bond acceptors (Lipinski definition) is 2. The quantitative estimate of drug-likeness (QED) is 0.186. The van der Waals surface area contributed by atoms with Crippen molar-refractivity contribution in [3.05, 3.63) is 181 Å². The van der Waals surface area contributed by atoms with Crippen LogP contribution in [-0.4, -0.2) is 19.1 Å². The molecule has 1 aliphatic carbocycles. The van der Waals surface area contributed by atoms with E-state index in [0.29, 0.717) is 5.95 Å². The maximum atomic E-state index is 5.44. The lowest BCUT2D eigenvalue weighted by molar-refractivity contribution is 0.667. The molecule has 10 aromatic rings. The highest BCUT2D eigenvalue weighted by atomic mass is 15.2. The van der Waals surface area contributed by atoms with E-state index in [0.717, 1.165) is 39.2 Å². The van der Waals surface area contributed by atoms with Crippen molar-refractivity contribution < 1.29 is 0 Å². The van der Waals surface area contributed by atoms with Gasteiger partial charge in [-0.25, -0.2) is 9.97 Å². The molecule has 0 fully saturated rings. The van der Waals surface area contributed by atoms with Crippen LogP contribution in [0.15, 0.2) is 170 Å². The van der Waals surface area contributed by atoms with Gasteiger partial charge in [0, 0.05) is 43.8 Å². The van der Waals surface area contributed by atoms with Crippen molar-refractivity contribution in [1.82, 2.24) is 19.1 Å². The van der Waals surface area contributed by atoms with Crippen LogP contribution in [0.25, 0.3) is 88.9 Å². The van der Waals surface area contributed by atoms with E-state index in [2.05, 4.69) is 193 Å². The predicted molar refractivity (Wildman–Crippen MR) is 219 cm³/mol. The fourth-order valence-corrected chi connectivity index (χ4v) is 9.06. The monoisotopic (exact) mass is 678 g/mol. The molecule has 0 N–H and O–H groups in total. The first kappa shape index (κ1) is 29.9. The summed E-state index contributed by atoms with van der Waals surface area (Å²) in [5.74, 6) is 0.646. The molecule has 3 aromatic heterocycles. The Bertz CT molecular complexity index is 3000. The fourth-order valence-electron chi connectivity index (χ4n) is 9.06. The molecule has 4 heteroatoms. The summed E-state index contributed by atoms with van der Waals surface area (Å²) in [5.41, 5.74) is 14.6. The molecule has 1 aliphatic rings. The minimum absolute atomic E-state index is 0.239. The van der Waals surface area contributed by atoms with Crippen molar-refractivity contribution in [2.45, 2.75) is 19.3 Å². The number of benzene rings is 7. The Morgan fingerprint density at radius 3 is 1.60 bits per heavy atom. The lowest BCUT2D eigenvalue weighted by Crippen LogP contribution is -2.15. The first-order valence-electron chi connectivity index (χ1n) is 18.3. The second-order valence-corrected chi connectivity index (χ2v) is 14.6. The summed E-state index contributed by atoms with van der Waals surface area (Å²) in [7, 11) is 0. The van der Waals surface area contributed by atoms with Gasteiger partial charge in [0.15, 0.2) is 0 Å². The highest BCUT2D eigenvalue weighted by molar-refractivity contribution is 6.30. The summed E-state index contributed by atoms with van der Waals surface area (Å²) in [5, 5.41) is 4.94. The van der Waals surface area contributed by atoms with Crippen molar-refractivity contribution in [2.75, 3.05) is 0 Å². The molecule has 4 nitrogen and oxygen atoms in total. The number of nitrogens with zero attached hydrogens (tertiary/aromatic N) is 4. The van der Waals surface area contributed by atoms with Crippen molar-refractivity contribution in [2.24, 2.45) is 0 Å². The van der Waals surface area contributed by atoms with Gasteiger partial charge in [-0.15, -0.1) is 0 Å². The number of rotatable bonds is 4. The SMILES string of the molecule is CC1(C)c2ccccc2-c2c1c1c3ccccc3n(-c3ccccc3)c1c1c2c2ccccc2n1-c1nc(-c2ccccc2)cc(-c2ccccc2)n1. The lowest BCUT2D eigenvalue weighted by Gasteiger charge is -2.23. The molecule has 0 aliphatic heterocycles. The molecule has 11 rings (SSSR count). The van der Waals surface area contributed by atoms with Crippen LogP contribution in [0, 0.1) is 0 Å². The third kappa shape index (κ3) is 4.18. The zero-order chi connectivity index (χ0) is 35.3. The van der Waals surface area contributed by atoms with Crippen molar-refractivity contribution in [1.29, 1.82) is 0 Å². The smallest absolute Gasteiger partial charge is 0.235 e. The second kappa shape index (κ2) is 11.1. The summed E-state index contributed by atoms with van der Waals surface area (Å²) in [6.07, 6.45) is 0. The molecule has 0 spiro atoms. The Morgan fingerprint density at radius 1 is 0.472 bits per heavy atom. The molecule has 7 aromatic carbocycles. The summed E-state index contributed by atoms with van der Waals surface area (Å²) >= 11 is 0. The molecular weight excluding hydrogens is 645 g/mol. The van der Waals surface area contributed by atoms with Gasteiger partial charge in [0.25, 0.3) is 0 Å². The van der Waals surface area contributed by atoms with Gasteiger partial charge in [0.2, 0.25) is 5.95 Å². The minimum Gasteiger partial charge on any atom is -0.307 e. The highest BCUT2D eigenvalue weighted by Gasteiger charge is 2.41. The van der Waals surface area contributed by atoms with E-state index >= 15 is 0 Å². The third-order valence-electron chi connectivity index (χ3n) is 11.3. The molecule has 0 amide bonds. The zero-order valence-electron chi connectivity index (χ0n) is 29.5. The van der Waals surface area contributed by atoms with Crippen molar-refractivity contribution >= 4 is 43.6 Å². The second-order valence-electron chi connectivity index (χ2n) is 14.6. The maximum absolute atomic E-state index is 5.44. The minimum atomic E-state index is -0.239. The largest absolute Gasteiger partial charge is 0.307 e. The van der Waals surface area contributed by atoms with Crippen LogP contribution in [0.3, 0.4) is 0 Å². The summed E-state index contributed by atoms with van der Waals surface area (Å²) in [6.45, 7) is 4.80. The highest BCUT2D eigenvalue weighted by Crippen LogP contribution is 2.58. The van der Waals surface area contributed by atoms with Gasteiger partial charge in [0.1, 0.15) is 0 Å². The van der Waals surface area contributed by atoms with Crippen LogP contribution in [0.1, 0.15) is 25.0 Å². The number of aromatic nitrogens is 4. The van der Waals surface area contributed by atoms with Crippen LogP contribution >= 0.6 is 0 Å². The van der Waals surface area contributed by atoms with Gasteiger partial charge in [-0.2, -0.15) is 0 Å². The van der Waals surface area contributed by atoms with E-state index < -0.39 is 0 Å². The summed E-state index contributed by atoms with van der Waals surface area (Å²) < 4.78 is 4.82. The number of para-hydroxylation sites is 3. The Hall–Kier alpha value is -6.78. The van der Waals surface area contributed by atoms with Crippen molar-refractivity contribution in [3.63, 3.8) is 0 Å². The van der Waals surface area contributed by atoms with Gasteiger partial charge in [0.05, 0.1) is 33.5 Å². The standard InChI is InChI=1S/C49H34N4/c1-49(2)37-27-15-12-24-34(37)42-43-35-25-13-17-29-41(35)53(48-50-38(31-18-6-3-7-19-31)30-39(51-48)32-20-8-4-9-21-32)46(43)47-44(45(42)49)36-26-14-16-28-40(36)52(47)33-22-10-5-11-23-33/h3-30H,1-2H3. The Kier molecular flexibility index (Phi) is 6.27. The Morgan fingerprint density at radius 2 is 0.962 bits per heavy atom. The molecule has 0 unspecified atom stereocenters. The first-order valence-corrected chi connectivity index (χ1v) is 18.3.